The predicted octanol–water partition coefficient (Wildman–Crippen LogP) is 4.41. The molecule has 0 saturated heterocycles. The first-order valence-electron chi connectivity index (χ1n) is 6.82. The molecule has 0 fully saturated rings. The number of hydrogen-bond acceptors (Lipinski definition) is 4. The van der Waals surface area contributed by atoms with Crippen LogP contribution in [0, 0.1) is 6.92 Å². The normalized spacial score (nSPS) is 11.9. The summed E-state index contributed by atoms with van der Waals surface area (Å²) >= 11 is 0. The molecule has 0 aliphatic carbocycles. The Kier molecular flexibility index (Phi) is 3.73. The minimum Gasteiger partial charge on any atom is -0.453 e. The van der Waals surface area contributed by atoms with Crippen LogP contribution >= 0.6 is 0 Å². The molecule has 23 heavy (non-hydrogen) atoms. The van der Waals surface area contributed by atoms with E-state index in [0.717, 1.165) is 17.7 Å². The Morgan fingerprint density at radius 1 is 1.13 bits per heavy atom. The molecule has 3 rings (SSSR count). The number of aryl methyl sites for hydroxylation is 1. The molecule has 2 aromatic carbocycles. The van der Waals surface area contributed by atoms with Gasteiger partial charge in [-0.05, 0) is 35.9 Å². The second-order valence-electron chi connectivity index (χ2n) is 4.96. The zero-order chi connectivity index (χ0) is 16.6. The molecular formula is C16H13F3N2O2. The van der Waals surface area contributed by atoms with E-state index >= 15 is 0 Å². The smallest absolute Gasteiger partial charge is 0.416 e. The first-order chi connectivity index (χ1) is 10.9. The zero-order valence-corrected chi connectivity index (χ0v) is 12.1. The Hall–Kier alpha value is -2.54. The van der Waals surface area contributed by atoms with Crippen molar-refractivity contribution in [2.45, 2.75) is 19.6 Å². The van der Waals surface area contributed by atoms with Crippen molar-refractivity contribution in [3.8, 4) is 11.5 Å². The number of fused-ring (bicyclic) bond motifs is 1. The van der Waals surface area contributed by atoms with Crippen LogP contribution in [0.1, 0.15) is 17.0 Å². The maximum absolute atomic E-state index is 12.6. The molecule has 4 nitrogen and oxygen atoms in total. The van der Waals surface area contributed by atoms with Crippen LogP contribution in [0.15, 0.2) is 40.8 Å². The van der Waals surface area contributed by atoms with Gasteiger partial charge in [-0.25, -0.2) is 4.98 Å². The van der Waals surface area contributed by atoms with Crippen LogP contribution in [0.2, 0.25) is 0 Å². The van der Waals surface area contributed by atoms with Gasteiger partial charge in [0.05, 0.1) is 5.56 Å². The first kappa shape index (κ1) is 15.4. The third kappa shape index (κ3) is 3.00. The molecule has 120 valence electrons. The van der Waals surface area contributed by atoms with Crippen LogP contribution in [-0.4, -0.2) is 4.98 Å². The van der Waals surface area contributed by atoms with E-state index in [1.807, 2.05) is 0 Å². The van der Waals surface area contributed by atoms with Gasteiger partial charge in [-0.3, -0.25) is 0 Å². The van der Waals surface area contributed by atoms with Crippen LogP contribution in [0.3, 0.4) is 0 Å². The Balaban J connectivity index is 1.96. The van der Waals surface area contributed by atoms with E-state index in [9.17, 15) is 13.2 Å². The fourth-order valence-corrected chi connectivity index (χ4v) is 2.23. The lowest BCUT2D eigenvalue weighted by Gasteiger charge is -2.09. The van der Waals surface area contributed by atoms with Gasteiger partial charge in [-0.1, -0.05) is 6.07 Å². The third-order valence-electron chi connectivity index (χ3n) is 3.33. The van der Waals surface area contributed by atoms with E-state index in [2.05, 4.69) is 4.98 Å². The fourth-order valence-electron chi connectivity index (χ4n) is 2.23. The van der Waals surface area contributed by atoms with E-state index in [4.69, 9.17) is 14.9 Å². The molecule has 0 radical (unpaired) electrons. The van der Waals surface area contributed by atoms with Crippen molar-refractivity contribution in [1.29, 1.82) is 0 Å². The number of ether oxygens (including phenoxy) is 1. The van der Waals surface area contributed by atoms with E-state index < -0.39 is 11.7 Å². The maximum atomic E-state index is 12.6. The van der Waals surface area contributed by atoms with Crippen LogP contribution in [0.4, 0.5) is 13.2 Å². The van der Waals surface area contributed by atoms with Crippen molar-refractivity contribution in [3.05, 3.63) is 53.4 Å². The highest BCUT2D eigenvalue weighted by Crippen LogP contribution is 2.34. The molecule has 0 aliphatic rings. The monoisotopic (exact) mass is 322 g/mol. The summed E-state index contributed by atoms with van der Waals surface area (Å²) in [6.07, 6.45) is -4.38. The Bertz CT molecular complexity index is 839. The Morgan fingerprint density at radius 3 is 2.43 bits per heavy atom. The van der Waals surface area contributed by atoms with Crippen LogP contribution in [0.5, 0.6) is 11.5 Å². The molecule has 0 atom stereocenters. The molecule has 0 unspecified atom stereocenters. The number of benzene rings is 2. The molecule has 0 spiro atoms. The molecule has 3 aromatic rings. The van der Waals surface area contributed by atoms with Crippen molar-refractivity contribution >= 4 is 11.1 Å². The lowest BCUT2D eigenvalue weighted by molar-refractivity contribution is -0.137. The van der Waals surface area contributed by atoms with Gasteiger partial charge in [-0.2, -0.15) is 13.2 Å². The van der Waals surface area contributed by atoms with Gasteiger partial charge in [0.1, 0.15) is 11.3 Å². The minimum absolute atomic E-state index is 0.272. The fraction of sp³-hybridized carbons (Fsp3) is 0.188. The molecule has 1 aromatic heterocycles. The standard InChI is InChI=1S/C16H13F3N2O2/c1-9-21-14-10(8-20)2-7-13(15(14)22-9)23-12-5-3-11(4-6-12)16(17,18)19/h2-7H,8,20H2,1H3. The molecule has 1 heterocycles. The number of nitrogens with zero attached hydrogens (tertiary/aromatic N) is 1. The zero-order valence-electron chi connectivity index (χ0n) is 12.1. The summed E-state index contributed by atoms with van der Waals surface area (Å²) < 4.78 is 48.8. The highest BCUT2D eigenvalue weighted by atomic mass is 19.4. The summed E-state index contributed by atoms with van der Waals surface area (Å²) in [7, 11) is 0. The van der Waals surface area contributed by atoms with E-state index in [-0.39, 0.29) is 5.75 Å². The number of alkyl halides is 3. The molecule has 0 bridgehead atoms. The predicted molar refractivity (Wildman–Crippen MR) is 78.2 cm³/mol. The quantitative estimate of drug-likeness (QED) is 0.776. The van der Waals surface area contributed by atoms with Gasteiger partial charge in [0.25, 0.3) is 0 Å². The lowest BCUT2D eigenvalue weighted by atomic mass is 10.2. The second kappa shape index (κ2) is 5.58. The third-order valence-corrected chi connectivity index (χ3v) is 3.33. The summed E-state index contributed by atoms with van der Waals surface area (Å²) in [6.45, 7) is 1.99. The topological polar surface area (TPSA) is 61.3 Å². The van der Waals surface area contributed by atoms with Gasteiger partial charge in [-0.15, -0.1) is 0 Å². The number of oxazole rings is 1. The number of rotatable bonds is 3. The second-order valence-corrected chi connectivity index (χ2v) is 4.96. The molecule has 7 heteroatoms. The SMILES string of the molecule is Cc1nc2c(CN)ccc(Oc3ccc(C(F)(F)F)cc3)c2o1. The summed E-state index contributed by atoms with van der Waals surface area (Å²) in [5.41, 5.74) is 6.74. The molecule has 0 aliphatic heterocycles. The highest BCUT2D eigenvalue weighted by molar-refractivity contribution is 5.83. The summed E-state index contributed by atoms with van der Waals surface area (Å²) in [5, 5.41) is 0. The maximum Gasteiger partial charge on any atom is 0.416 e. The average Bonchev–Trinajstić information content (AvgIpc) is 2.89. The van der Waals surface area contributed by atoms with Crippen molar-refractivity contribution in [1.82, 2.24) is 4.98 Å². The number of halogens is 3. The van der Waals surface area contributed by atoms with Crippen molar-refractivity contribution in [2.75, 3.05) is 0 Å². The Morgan fingerprint density at radius 2 is 1.83 bits per heavy atom. The van der Waals surface area contributed by atoms with Crippen LogP contribution in [-0.2, 0) is 12.7 Å². The molecule has 0 amide bonds. The van der Waals surface area contributed by atoms with Crippen LogP contribution < -0.4 is 10.5 Å². The largest absolute Gasteiger partial charge is 0.453 e. The van der Waals surface area contributed by atoms with Crippen LogP contribution in [0.25, 0.3) is 11.1 Å². The van der Waals surface area contributed by atoms with Crippen molar-refractivity contribution < 1.29 is 22.3 Å². The van der Waals surface area contributed by atoms with Crippen molar-refractivity contribution in [2.24, 2.45) is 5.73 Å². The first-order valence-corrected chi connectivity index (χ1v) is 6.82. The molecular weight excluding hydrogens is 309 g/mol. The number of nitrogens with two attached hydrogens (primary N) is 1. The summed E-state index contributed by atoms with van der Waals surface area (Å²) in [5.74, 6) is 1.10. The minimum atomic E-state index is -4.38. The van der Waals surface area contributed by atoms with Crippen molar-refractivity contribution in [3.63, 3.8) is 0 Å². The van der Waals surface area contributed by atoms with Gasteiger partial charge in [0, 0.05) is 13.5 Å². The highest BCUT2D eigenvalue weighted by Gasteiger charge is 2.30. The molecule has 0 saturated carbocycles. The lowest BCUT2D eigenvalue weighted by Crippen LogP contribution is -2.04. The van der Waals surface area contributed by atoms with Gasteiger partial charge in [0.15, 0.2) is 17.2 Å². The van der Waals surface area contributed by atoms with Gasteiger partial charge < -0.3 is 14.9 Å². The van der Waals surface area contributed by atoms with Gasteiger partial charge >= 0.3 is 6.18 Å². The van der Waals surface area contributed by atoms with E-state index in [1.54, 1.807) is 19.1 Å². The van der Waals surface area contributed by atoms with E-state index in [0.29, 0.717) is 29.3 Å². The average molecular weight is 322 g/mol. The number of hydrogen-bond donors (Lipinski definition) is 1. The summed E-state index contributed by atoms with van der Waals surface area (Å²) in [4.78, 5) is 4.26. The molecule has 2 N–H and O–H groups in total. The number of aromatic nitrogens is 1. The van der Waals surface area contributed by atoms with Gasteiger partial charge in [0.2, 0.25) is 0 Å². The Labute approximate surface area is 129 Å². The van der Waals surface area contributed by atoms with E-state index in [1.165, 1.54) is 12.1 Å². The summed E-state index contributed by atoms with van der Waals surface area (Å²) in [6, 6.07) is 7.86.